The molecule has 0 bridgehead atoms. The summed E-state index contributed by atoms with van der Waals surface area (Å²) in [7, 11) is 2.04. The van der Waals surface area contributed by atoms with Crippen molar-refractivity contribution < 1.29 is 9.90 Å². The van der Waals surface area contributed by atoms with Gasteiger partial charge in [0.15, 0.2) is 0 Å². The molecule has 1 heterocycles. The lowest BCUT2D eigenvalue weighted by atomic mass is 9.87. The van der Waals surface area contributed by atoms with Gasteiger partial charge in [0.05, 0.1) is 6.04 Å². The molecule has 2 atom stereocenters. The Labute approximate surface area is 89.4 Å². The predicted octanol–water partition coefficient (Wildman–Crippen LogP) is 1.79. The number of aliphatic carboxylic acids is 1. The van der Waals surface area contributed by atoms with E-state index in [1.54, 1.807) is 0 Å². The molecule has 0 spiro atoms. The molecule has 2 aliphatic rings. The lowest BCUT2D eigenvalue weighted by molar-refractivity contribution is -0.136. The molecule has 0 radical (unpaired) electrons. The van der Waals surface area contributed by atoms with Crippen LogP contribution in [-0.4, -0.2) is 29.1 Å². The van der Waals surface area contributed by atoms with Crippen molar-refractivity contribution in [1.29, 1.82) is 0 Å². The Bertz CT molecular complexity index is 355. The van der Waals surface area contributed by atoms with Crippen LogP contribution in [0.15, 0.2) is 36.1 Å². The number of rotatable bonds is 3. The average Bonchev–Trinajstić information content (AvgIpc) is 2.58. The molecule has 0 saturated heterocycles. The zero-order chi connectivity index (χ0) is 10.8. The van der Waals surface area contributed by atoms with E-state index in [-0.39, 0.29) is 6.42 Å². The van der Waals surface area contributed by atoms with Crippen LogP contribution in [0.3, 0.4) is 0 Å². The Balaban J connectivity index is 2.07. The third-order valence-corrected chi connectivity index (χ3v) is 3.00. The van der Waals surface area contributed by atoms with E-state index in [9.17, 15) is 4.79 Å². The van der Waals surface area contributed by atoms with Gasteiger partial charge >= 0.3 is 5.97 Å². The number of carboxylic acids is 1. The lowest BCUT2D eigenvalue weighted by Crippen LogP contribution is -2.31. The Kier molecular flexibility index (Phi) is 2.62. The minimum absolute atomic E-state index is 0.219. The second-order valence-electron chi connectivity index (χ2n) is 4.05. The number of likely N-dealkylation sites (N-methyl/N-ethyl adjacent to an activating group) is 1. The summed E-state index contributed by atoms with van der Waals surface area (Å²) in [6.45, 7) is 0. The predicted molar refractivity (Wildman–Crippen MR) is 58.3 cm³/mol. The minimum atomic E-state index is -0.726. The number of hydrogen-bond acceptors (Lipinski definition) is 2. The molecule has 0 fully saturated rings. The van der Waals surface area contributed by atoms with Crippen LogP contribution in [0.25, 0.3) is 0 Å². The first kappa shape index (κ1) is 10.0. The van der Waals surface area contributed by atoms with Gasteiger partial charge in [-0.15, -0.1) is 0 Å². The van der Waals surface area contributed by atoms with Crippen LogP contribution < -0.4 is 0 Å². The molecule has 0 aromatic rings. The van der Waals surface area contributed by atoms with Crippen LogP contribution >= 0.6 is 0 Å². The quantitative estimate of drug-likeness (QED) is 0.763. The molecule has 80 valence electrons. The highest BCUT2D eigenvalue weighted by molar-refractivity contribution is 5.67. The highest BCUT2D eigenvalue weighted by Crippen LogP contribution is 2.32. The van der Waals surface area contributed by atoms with Crippen LogP contribution in [0, 0.1) is 5.92 Å². The lowest BCUT2D eigenvalue weighted by Gasteiger charge is -2.29. The van der Waals surface area contributed by atoms with E-state index in [1.807, 2.05) is 19.2 Å². The van der Waals surface area contributed by atoms with Gasteiger partial charge in [-0.3, -0.25) is 4.79 Å². The first-order valence-corrected chi connectivity index (χ1v) is 5.18. The van der Waals surface area contributed by atoms with Crippen LogP contribution in [0.4, 0.5) is 0 Å². The maximum absolute atomic E-state index is 10.5. The molecular formula is C12H15NO2. The van der Waals surface area contributed by atoms with Crippen molar-refractivity contribution in [1.82, 2.24) is 4.90 Å². The molecule has 0 aromatic carbocycles. The standard InChI is InChI=1S/C12H15NO2/c1-13-8-7-10-4-2-3-9(12(10)13)5-6-11(14)15/h2-4,7-8,10,12H,5-6H2,1H3,(H,14,15). The average molecular weight is 205 g/mol. The van der Waals surface area contributed by atoms with Crippen molar-refractivity contribution in [3.8, 4) is 0 Å². The zero-order valence-electron chi connectivity index (χ0n) is 8.76. The molecule has 15 heavy (non-hydrogen) atoms. The van der Waals surface area contributed by atoms with E-state index in [0.29, 0.717) is 18.4 Å². The highest BCUT2D eigenvalue weighted by Gasteiger charge is 2.29. The Hall–Kier alpha value is -1.51. The SMILES string of the molecule is CN1C=CC2C=CC=C(CCC(=O)O)C21. The van der Waals surface area contributed by atoms with E-state index < -0.39 is 5.97 Å². The molecule has 0 aromatic heterocycles. The Morgan fingerprint density at radius 2 is 2.33 bits per heavy atom. The van der Waals surface area contributed by atoms with Gasteiger partial charge in [0.2, 0.25) is 0 Å². The van der Waals surface area contributed by atoms with Crippen molar-refractivity contribution in [3.63, 3.8) is 0 Å². The van der Waals surface area contributed by atoms with Gasteiger partial charge in [-0.05, 0) is 18.2 Å². The number of carbonyl (C=O) groups is 1. The number of carboxylic acid groups (broad SMARTS) is 1. The molecular weight excluding hydrogens is 190 g/mol. The molecule has 1 aliphatic heterocycles. The molecule has 3 heteroatoms. The molecule has 3 nitrogen and oxygen atoms in total. The highest BCUT2D eigenvalue weighted by atomic mass is 16.4. The summed E-state index contributed by atoms with van der Waals surface area (Å²) in [5.74, 6) is -0.306. The fourth-order valence-corrected chi connectivity index (χ4v) is 2.27. The van der Waals surface area contributed by atoms with Gasteiger partial charge in [-0.2, -0.15) is 0 Å². The van der Waals surface area contributed by atoms with E-state index in [1.165, 1.54) is 5.57 Å². The fraction of sp³-hybridized carbons (Fsp3) is 0.417. The molecule has 2 unspecified atom stereocenters. The first-order valence-electron chi connectivity index (χ1n) is 5.18. The number of hydrogen-bond donors (Lipinski definition) is 1. The molecule has 0 amide bonds. The number of nitrogens with zero attached hydrogens (tertiary/aromatic N) is 1. The third kappa shape index (κ3) is 1.96. The number of allylic oxidation sites excluding steroid dienone is 2. The van der Waals surface area contributed by atoms with Crippen molar-refractivity contribution in [2.75, 3.05) is 7.05 Å². The largest absolute Gasteiger partial charge is 0.481 e. The number of fused-ring (bicyclic) bond motifs is 1. The van der Waals surface area contributed by atoms with Gasteiger partial charge in [0, 0.05) is 19.4 Å². The molecule has 2 rings (SSSR count). The molecule has 1 N–H and O–H groups in total. The van der Waals surface area contributed by atoms with Crippen LogP contribution in [0.2, 0.25) is 0 Å². The van der Waals surface area contributed by atoms with Crippen molar-refractivity contribution >= 4 is 5.97 Å². The maximum Gasteiger partial charge on any atom is 0.303 e. The summed E-state index contributed by atoms with van der Waals surface area (Å²) in [6, 6.07) is 0.342. The summed E-state index contributed by atoms with van der Waals surface area (Å²) in [5.41, 5.74) is 1.22. The van der Waals surface area contributed by atoms with Gasteiger partial charge in [-0.1, -0.05) is 24.3 Å². The van der Waals surface area contributed by atoms with Gasteiger partial charge in [-0.25, -0.2) is 0 Å². The Morgan fingerprint density at radius 1 is 1.53 bits per heavy atom. The smallest absolute Gasteiger partial charge is 0.303 e. The summed E-state index contributed by atoms with van der Waals surface area (Å²) < 4.78 is 0. The summed E-state index contributed by atoms with van der Waals surface area (Å²) in [4.78, 5) is 12.7. The normalized spacial score (nSPS) is 27.8. The van der Waals surface area contributed by atoms with E-state index in [0.717, 1.165) is 0 Å². The van der Waals surface area contributed by atoms with Gasteiger partial charge in [0.25, 0.3) is 0 Å². The van der Waals surface area contributed by atoms with Gasteiger partial charge in [0.1, 0.15) is 0 Å². The second-order valence-corrected chi connectivity index (χ2v) is 4.05. The fourth-order valence-electron chi connectivity index (χ4n) is 2.27. The monoisotopic (exact) mass is 205 g/mol. The van der Waals surface area contributed by atoms with Crippen LogP contribution in [0.1, 0.15) is 12.8 Å². The van der Waals surface area contributed by atoms with E-state index >= 15 is 0 Å². The maximum atomic E-state index is 10.5. The van der Waals surface area contributed by atoms with Crippen molar-refractivity contribution in [2.45, 2.75) is 18.9 Å². The molecule has 0 saturated carbocycles. The molecule has 1 aliphatic carbocycles. The Morgan fingerprint density at radius 3 is 3.07 bits per heavy atom. The van der Waals surface area contributed by atoms with Crippen LogP contribution in [0.5, 0.6) is 0 Å². The second kappa shape index (κ2) is 3.93. The van der Waals surface area contributed by atoms with E-state index in [2.05, 4.69) is 23.3 Å². The summed E-state index contributed by atoms with van der Waals surface area (Å²) in [5, 5.41) is 8.68. The van der Waals surface area contributed by atoms with Crippen molar-refractivity contribution in [3.05, 3.63) is 36.1 Å². The summed E-state index contributed by atoms with van der Waals surface area (Å²) in [6.07, 6.45) is 11.3. The first-order chi connectivity index (χ1) is 7.18. The van der Waals surface area contributed by atoms with E-state index in [4.69, 9.17) is 5.11 Å². The zero-order valence-corrected chi connectivity index (χ0v) is 8.76. The minimum Gasteiger partial charge on any atom is -0.481 e. The van der Waals surface area contributed by atoms with Crippen LogP contribution in [-0.2, 0) is 4.79 Å². The van der Waals surface area contributed by atoms with Gasteiger partial charge < -0.3 is 10.0 Å². The van der Waals surface area contributed by atoms with Crippen molar-refractivity contribution in [2.24, 2.45) is 5.92 Å². The topological polar surface area (TPSA) is 40.5 Å². The summed E-state index contributed by atoms with van der Waals surface area (Å²) >= 11 is 0. The third-order valence-electron chi connectivity index (χ3n) is 3.00.